The second-order valence-electron chi connectivity index (χ2n) is 16.5. The Kier molecular flexibility index (Phi) is 13.9. The number of hydrogen-bond acceptors (Lipinski definition) is 4. The maximum atomic E-state index is 13.5. The molecule has 46 heavy (non-hydrogen) atoms. The summed E-state index contributed by atoms with van der Waals surface area (Å²) in [6, 6.07) is 0.340. The molecule has 0 amide bonds. The summed E-state index contributed by atoms with van der Waals surface area (Å²) < 4.78 is 39.0. The zero-order chi connectivity index (χ0) is 34.8. The summed E-state index contributed by atoms with van der Waals surface area (Å²) in [7, 11) is -6.00. The van der Waals surface area contributed by atoms with Crippen LogP contribution in [0.25, 0.3) is 0 Å². The van der Waals surface area contributed by atoms with E-state index >= 15 is 0 Å². The van der Waals surface area contributed by atoms with Gasteiger partial charge in [-0.25, -0.2) is 0 Å². The Bertz CT molecular complexity index is 1220. The van der Waals surface area contributed by atoms with E-state index in [0.29, 0.717) is 0 Å². The van der Waals surface area contributed by atoms with Crippen molar-refractivity contribution in [1.29, 1.82) is 0 Å². The predicted molar refractivity (Wildman–Crippen MR) is 179 cm³/mol. The Morgan fingerprint density at radius 2 is 0.870 bits per heavy atom. The van der Waals surface area contributed by atoms with E-state index in [4.69, 9.17) is 0 Å². The molecule has 0 saturated heterocycles. The first-order chi connectivity index (χ1) is 20.2. The SMILES string of the molecule is CC(C)(C)C1=C/C(=C/N[C@H]2CCCC[C@@H]2N/C=C2/C=C(C(C)(C)C)C=C(C(C)(C)C)C2=O)C(=O)C(C(C)(C)C)=C1.F[B-](F)(F)F.[Cr]. The van der Waals surface area contributed by atoms with Gasteiger partial charge in [0.1, 0.15) is 0 Å². The van der Waals surface area contributed by atoms with Crippen LogP contribution < -0.4 is 10.6 Å². The maximum Gasteiger partial charge on any atom is 0.673 e. The van der Waals surface area contributed by atoms with Gasteiger partial charge in [0.15, 0.2) is 11.6 Å². The number of allylic oxidation sites excluding steroid dienone is 10. The fourth-order valence-electron chi connectivity index (χ4n) is 5.42. The number of Topliss-reactive ketones (excluding diaryl/α,β-unsaturated/α-hetero) is 2. The van der Waals surface area contributed by atoms with Crippen molar-refractivity contribution < 1.29 is 44.2 Å². The minimum Gasteiger partial charge on any atom is -0.418 e. The molecule has 10 heteroatoms. The van der Waals surface area contributed by atoms with Crippen LogP contribution >= 0.6 is 0 Å². The van der Waals surface area contributed by atoms with Gasteiger partial charge in [-0.05, 0) is 57.8 Å². The molecule has 4 nitrogen and oxygen atoms in total. The third-order valence-corrected chi connectivity index (χ3v) is 8.26. The number of rotatable bonds is 4. The molecule has 2 N–H and O–H groups in total. The van der Waals surface area contributed by atoms with Crippen molar-refractivity contribution in [3.63, 3.8) is 0 Å². The predicted octanol–water partition coefficient (Wildman–Crippen LogP) is 9.60. The fourth-order valence-corrected chi connectivity index (χ4v) is 5.42. The monoisotopic (exact) mass is 685 g/mol. The van der Waals surface area contributed by atoms with Crippen LogP contribution in [0.5, 0.6) is 0 Å². The molecule has 0 aromatic carbocycles. The maximum absolute atomic E-state index is 13.5. The zero-order valence-corrected chi connectivity index (χ0v) is 31.0. The van der Waals surface area contributed by atoms with Gasteiger partial charge < -0.3 is 27.9 Å². The second kappa shape index (κ2) is 15.3. The molecule has 0 aromatic heterocycles. The number of nitrogens with one attached hydrogen (secondary N) is 2. The van der Waals surface area contributed by atoms with Gasteiger partial charge in [-0.2, -0.15) is 0 Å². The Balaban J connectivity index is 0.00000163. The molecule has 3 aliphatic carbocycles. The van der Waals surface area contributed by atoms with E-state index in [0.717, 1.165) is 48.0 Å². The first kappa shape index (κ1) is 41.7. The van der Waals surface area contributed by atoms with E-state index < -0.39 is 7.25 Å². The van der Waals surface area contributed by atoms with Crippen molar-refractivity contribution in [1.82, 2.24) is 10.6 Å². The van der Waals surface area contributed by atoms with Gasteiger partial charge in [0.25, 0.3) is 0 Å². The first-order valence-electron chi connectivity index (χ1n) is 16.0. The van der Waals surface area contributed by atoms with Crippen LogP contribution in [0.2, 0.25) is 0 Å². The Morgan fingerprint density at radius 1 is 0.587 bits per heavy atom. The summed E-state index contributed by atoms with van der Waals surface area (Å²) in [6.45, 7) is 25.8. The van der Waals surface area contributed by atoms with Crippen LogP contribution in [-0.4, -0.2) is 30.9 Å². The molecule has 2 atom stereocenters. The Hall–Kier alpha value is -2.30. The van der Waals surface area contributed by atoms with Gasteiger partial charge in [-0.3, -0.25) is 9.59 Å². The zero-order valence-electron chi connectivity index (χ0n) is 29.8. The van der Waals surface area contributed by atoms with Crippen molar-refractivity contribution >= 4 is 18.8 Å². The first-order valence-corrected chi connectivity index (χ1v) is 16.0. The van der Waals surface area contributed by atoms with E-state index in [-0.39, 0.29) is 62.7 Å². The van der Waals surface area contributed by atoms with Crippen molar-refractivity contribution in [3.05, 3.63) is 70.1 Å². The van der Waals surface area contributed by atoms with Crippen molar-refractivity contribution in [2.45, 2.75) is 121 Å². The van der Waals surface area contributed by atoms with Crippen molar-refractivity contribution in [2.75, 3.05) is 0 Å². The average molecular weight is 686 g/mol. The third kappa shape index (κ3) is 12.4. The summed E-state index contributed by atoms with van der Waals surface area (Å²) >= 11 is 0. The topological polar surface area (TPSA) is 58.2 Å². The van der Waals surface area contributed by atoms with Crippen LogP contribution in [0.15, 0.2) is 70.1 Å². The van der Waals surface area contributed by atoms with Gasteiger partial charge in [0.05, 0.1) is 0 Å². The van der Waals surface area contributed by atoms with E-state index in [2.05, 4.69) is 118 Å². The normalized spacial score (nSPS) is 23.4. The molecule has 0 heterocycles. The summed E-state index contributed by atoms with van der Waals surface area (Å²) in [4.78, 5) is 27.0. The number of ketones is 2. The molecule has 258 valence electrons. The quantitative estimate of drug-likeness (QED) is 0.176. The van der Waals surface area contributed by atoms with Gasteiger partial charge in [-0.15, -0.1) is 0 Å². The minimum absolute atomic E-state index is 0. The van der Waals surface area contributed by atoms with E-state index in [9.17, 15) is 26.9 Å². The van der Waals surface area contributed by atoms with Crippen LogP contribution in [0.4, 0.5) is 17.3 Å². The molecule has 0 aliphatic heterocycles. The summed E-state index contributed by atoms with van der Waals surface area (Å²) in [6.07, 6.45) is 16.5. The molecule has 0 unspecified atom stereocenters. The van der Waals surface area contributed by atoms with Crippen LogP contribution in [-0.2, 0) is 27.0 Å². The molecule has 3 rings (SSSR count). The van der Waals surface area contributed by atoms with Crippen LogP contribution in [0.3, 0.4) is 0 Å². The number of carbonyl (C=O) groups is 2. The van der Waals surface area contributed by atoms with Gasteiger partial charge in [0.2, 0.25) is 0 Å². The molecule has 0 radical (unpaired) electrons. The van der Waals surface area contributed by atoms with Gasteiger partial charge in [-0.1, -0.05) is 108 Å². The van der Waals surface area contributed by atoms with E-state index in [1.54, 1.807) is 0 Å². The Morgan fingerprint density at radius 3 is 1.11 bits per heavy atom. The summed E-state index contributed by atoms with van der Waals surface area (Å²) in [5.41, 5.74) is 4.95. The standard InChI is InChI=1S/C36H54N2O2.BF4.Cr/c1-33(2,3)25-17-23(31(39)27(19-25)35(7,8)9)21-37-29-15-13-14-16-30(29)38-22-24-18-26(34(4,5)6)20-28(32(24)40)36(10,11)12;2-1(3,4)5;/h17-22,29-30,37-38H,13-16H2,1-12H3;;/q;-1;/b23-21-,24-22-;;/t29-,30-;;/m0../s1. The Labute approximate surface area is 285 Å². The molecular weight excluding hydrogens is 631 g/mol. The molecule has 0 spiro atoms. The molecule has 1 fully saturated rings. The smallest absolute Gasteiger partial charge is 0.418 e. The van der Waals surface area contributed by atoms with Crippen molar-refractivity contribution in [3.8, 4) is 0 Å². The summed E-state index contributed by atoms with van der Waals surface area (Å²) in [5, 5.41) is 7.25. The third-order valence-electron chi connectivity index (χ3n) is 8.26. The van der Waals surface area contributed by atoms with Gasteiger partial charge >= 0.3 is 7.25 Å². The fraction of sp³-hybridized carbons (Fsp3) is 0.611. The summed E-state index contributed by atoms with van der Waals surface area (Å²) in [5.74, 6) is 0.203. The average Bonchev–Trinajstić information content (AvgIpc) is 2.84. The molecular formula is C36H54BCrF4N2O2-. The largest absolute Gasteiger partial charge is 0.673 e. The second-order valence-corrected chi connectivity index (χ2v) is 16.5. The molecule has 0 bridgehead atoms. The van der Waals surface area contributed by atoms with Crippen LogP contribution in [0.1, 0.15) is 109 Å². The number of hydrogen-bond donors (Lipinski definition) is 2. The van der Waals surface area contributed by atoms with E-state index in [1.165, 1.54) is 11.1 Å². The molecule has 0 aromatic rings. The molecule has 3 aliphatic rings. The van der Waals surface area contributed by atoms with Gasteiger partial charge in [0, 0.05) is 64.1 Å². The number of carbonyl (C=O) groups excluding carboxylic acids is 2. The van der Waals surface area contributed by atoms with Crippen molar-refractivity contribution in [2.24, 2.45) is 21.7 Å². The number of halogens is 4. The molecule has 1 saturated carbocycles. The minimum atomic E-state index is -6.00. The van der Waals surface area contributed by atoms with Crippen LogP contribution in [0, 0.1) is 21.7 Å². The van der Waals surface area contributed by atoms with E-state index in [1.807, 2.05) is 12.4 Å².